The molecule has 1 N–H and O–H groups in total. The Morgan fingerprint density at radius 1 is 1.06 bits per heavy atom. The summed E-state index contributed by atoms with van der Waals surface area (Å²) >= 11 is 3.42. The van der Waals surface area contributed by atoms with E-state index in [1.54, 1.807) is 7.11 Å². The number of ether oxygens (including phenoxy) is 1. The van der Waals surface area contributed by atoms with Crippen LogP contribution in [0, 0.1) is 6.92 Å². The molecule has 1 atom stereocenters. The van der Waals surface area contributed by atoms with Crippen LogP contribution in [0.15, 0.2) is 77.3 Å². The van der Waals surface area contributed by atoms with Gasteiger partial charge in [0, 0.05) is 10.0 Å². The van der Waals surface area contributed by atoms with Gasteiger partial charge in [0.1, 0.15) is 5.75 Å². The molecule has 31 heavy (non-hydrogen) atoms. The first-order valence-corrected chi connectivity index (χ1v) is 10.4. The Balaban J connectivity index is 1.70. The molecular weight excluding hydrogens is 458 g/mol. The molecule has 0 fully saturated rings. The van der Waals surface area contributed by atoms with Gasteiger partial charge in [0.25, 0.3) is 5.91 Å². The number of amides is 1. The molecule has 156 valence electrons. The van der Waals surface area contributed by atoms with Crippen LogP contribution in [0.4, 0.5) is 5.69 Å². The molecule has 3 aromatic carbocycles. The minimum atomic E-state index is -0.803. The molecule has 0 aliphatic rings. The van der Waals surface area contributed by atoms with E-state index >= 15 is 0 Å². The standard InChI is InChI=1S/C23H20BrN5O2/c1-15-8-13-20(31-2)19(14-15)25-23(30)21(16-6-4-3-5-7-16)29-27-22(26-28-29)17-9-11-18(24)12-10-17/h3-14,21H,1-2H3,(H,25,30). The number of carbonyl (C=O) groups is 1. The molecule has 0 spiro atoms. The van der Waals surface area contributed by atoms with Crippen LogP contribution in [-0.2, 0) is 4.79 Å². The van der Waals surface area contributed by atoms with E-state index in [4.69, 9.17) is 4.74 Å². The molecule has 1 aromatic heterocycles. The lowest BCUT2D eigenvalue weighted by atomic mass is 10.1. The molecule has 0 saturated carbocycles. The summed E-state index contributed by atoms with van der Waals surface area (Å²) in [5.41, 5.74) is 3.14. The number of carbonyl (C=O) groups excluding carboxylic acids is 1. The number of methoxy groups -OCH3 is 1. The van der Waals surface area contributed by atoms with E-state index in [9.17, 15) is 4.79 Å². The van der Waals surface area contributed by atoms with E-state index in [-0.39, 0.29) is 5.91 Å². The van der Waals surface area contributed by atoms with Crippen molar-refractivity contribution < 1.29 is 9.53 Å². The number of tetrazole rings is 1. The second kappa shape index (κ2) is 9.09. The molecule has 1 heterocycles. The van der Waals surface area contributed by atoms with Crippen LogP contribution in [-0.4, -0.2) is 33.2 Å². The number of aryl methyl sites for hydroxylation is 1. The van der Waals surface area contributed by atoms with Crippen LogP contribution in [0.2, 0.25) is 0 Å². The Hall–Kier alpha value is -3.52. The highest BCUT2D eigenvalue weighted by atomic mass is 79.9. The van der Waals surface area contributed by atoms with Gasteiger partial charge < -0.3 is 10.1 Å². The molecule has 0 aliphatic carbocycles. The van der Waals surface area contributed by atoms with Crippen molar-refractivity contribution in [2.24, 2.45) is 0 Å². The molecule has 0 bridgehead atoms. The van der Waals surface area contributed by atoms with Gasteiger partial charge in [-0.05, 0) is 59.7 Å². The maximum Gasteiger partial charge on any atom is 0.255 e. The normalized spacial score (nSPS) is 11.7. The maximum atomic E-state index is 13.4. The molecule has 0 aliphatic heterocycles. The van der Waals surface area contributed by atoms with Crippen molar-refractivity contribution in [1.82, 2.24) is 20.2 Å². The highest BCUT2D eigenvalue weighted by Gasteiger charge is 2.26. The van der Waals surface area contributed by atoms with Gasteiger partial charge in [-0.2, -0.15) is 0 Å². The third-order valence-corrected chi connectivity index (χ3v) is 5.27. The van der Waals surface area contributed by atoms with Crippen molar-refractivity contribution in [1.29, 1.82) is 0 Å². The minimum absolute atomic E-state index is 0.296. The predicted octanol–water partition coefficient (Wildman–Crippen LogP) is 4.65. The maximum absolute atomic E-state index is 13.4. The van der Waals surface area contributed by atoms with E-state index < -0.39 is 6.04 Å². The molecule has 1 amide bonds. The number of halogens is 1. The molecule has 1 unspecified atom stereocenters. The summed E-state index contributed by atoms with van der Waals surface area (Å²) in [7, 11) is 1.57. The van der Waals surface area contributed by atoms with Crippen LogP contribution in [0.3, 0.4) is 0 Å². The first kappa shape index (κ1) is 20.7. The third kappa shape index (κ3) is 4.64. The minimum Gasteiger partial charge on any atom is -0.495 e. The lowest BCUT2D eigenvalue weighted by molar-refractivity contribution is -0.118. The van der Waals surface area contributed by atoms with Gasteiger partial charge in [0.15, 0.2) is 6.04 Å². The van der Waals surface area contributed by atoms with E-state index in [0.29, 0.717) is 17.3 Å². The largest absolute Gasteiger partial charge is 0.495 e. The lowest BCUT2D eigenvalue weighted by Gasteiger charge is -2.17. The van der Waals surface area contributed by atoms with Crippen molar-refractivity contribution in [3.8, 4) is 17.1 Å². The smallest absolute Gasteiger partial charge is 0.255 e. The Kier molecular flexibility index (Phi) is 6.08. The second-order valence-corrected chi connectivity index (χ2v) is 7.86. The van der Waals surface area contributed by atoms with Crippen molar-refractivity contribution >= 4 is 27.5 Å². The van der Waals surface area contributed by atoms with E-state index in [1.165, 1.54) is 4.80 Å². The number of benzene rings is 3. The summed E-state index contributed by atoms with van der Waals surface area (Å²) in [6.07, 6.45) is 0. The molecule has 7 nitrogen and oxygen atoms in total. The van der Waals surface area contributed by atoms with Crippen LogP contribution < -0.4 is 10.1 Å². The fraction of sp³-hybridized carbons (Fsp3) is 0.130. The first-order valence-electron chi connectivity index (χ1n) is 9.61. The zero-order chi connectivity index (χ0) is 21.8. The molecule has 0 radical (unpaired) electrons. The van der Waals surface area contributed by atoms with Crippen molar-refractivity contribution in [2.75, 3.05) is 12.4 Å². The average molecular weight is 478 g/mol. The monoisotopic (exact) mass is 477 g/mol. The fourth-order valence-electron chi connectivity index (χ4n) is 3.19. The number of hydrogen-bond donors (Lipinski definition) is 1. The number of aromatic nitrogens is 4. The van der Waals surface area contributed by atoms with Crippen molar-refractivity contribution in [2.45, 2.75) is 13.0 Å². The Labute approximate surface area is 188 Å². The van der Waals surface area contributed by atoms with Crippen LogP contribution >= 0.6 is 15.9 Å². The van der Waals surface area contributed by atoms with Crippen LogP contribution in [0.5, 0.6) is 5.75 Å². The van der Waals surface area contributed by atoms with Gasteiger partial charge in [-0.3, -0.25) is 4.79 Å². The fourth-order valence-corrected chi connectivity index (χ4v) is 3.46. The van der Waals surface area contributed by atoms with Gasteiger partial charge in [0.2, 0.25) is 5.82 Å². The lowest BCUT2D eigenvalue weighted by Crippen LogP contribution is -2.29. The van der Waals surface area contributed by atoms with E-state index in [0.717, 1.165) is 21.2 Å². The summed E-state index contributed by atoms with van der Waals surface area (Å²) in [6, 6.07) is 21.7. The van der Waals surface area contributed by atoms with Gasteiger partial charge in [0.05, 0.1) is 12.8 Å². The van der Waals surface area contributed by atoms with E-state index in [1.807, 2.05) is 79.7 Å². The van der Waals surface area contributed by atoms with Crippen molar-refractivity contribution in [3.05, 3.63) is 88.4 Å². The second-order valence-electron chi connectivity index (χ2n) is 6.95. The number of anilines is 1. The molecular formula is C23H20BrN5O2. The third-order valence-electron chi connectivity index (χ3n) is 4.74. The van der Waals surface area contributed by atoms with Crippen LogP contribution in [0.1, 0.15) is 17.2 Å². The SMILES string of the molecule is COc1ccc(C)cc1NC(=O)C(c1ccccc1)n1nnc(-c2ccc(Br)cc2)n1. The summed E-state index contributed by atoms with van der Waals surface area (Å²) in [4.78, 5) is 14.7. The van der Waals surface area contributed by atoms with Gasteiger partial charge in [-0.1, -0.05) is 52.3 Å². The Bertz CT molecular complexity index is 1190. The quantitative estimate of drug-likeness (QED) is 0.437. The molecule has 4 rings (SSSR count). The average Bonchev–Trinajstić information content (AvgIpc) is 3.25. The zero-order valence-corrected chi connectivity index (χ0v) is 18.6. The summed E-state index contributed by atoms with van der Waals surface area (Å²) in [6.45, 7) is 1.95. The highest BCUT2D eigenvalue weighted by Crippen LogP contribution is 2.28. The number of hydrogen-bond acceptors (Lipinski definition) is 5. The van der Waals surface area contributed by atoms with Gasteiger partial charge in [-0.25, -0.2) is 0 Å². The molecule has 0 saturated heterocycles. The van der Waals surface area contributed by atoms with E-state index in [2.05, 4.69) is 36.7 Å². The van der Waals surface area contributed by atoms with Gasteiger partial charge in [-0.15, -0.1) is 15.0 Å². The summed E-state index contributed by atoms with van der Waals surface area (Å²) in [5, 5.41) is 15.8. The number of nitrogens with one attached hydrogen (secondary N) is 1. The summed E-state index contributed by atoms with van der Waals surface area (Å²) in [5.74, 6) is 0.720. The predicted molar refractivity (Wildman–Crippen MR) is 122 cm³/mol. The Morgan fingerprint density at radius 2 is 1.81 bits per heavy atom. The first-order chi connectivity index (χ1) is 15.0. The summed E-state index contributed by atoms with van der Waals surface area (Å²) < 4.78 is 6.35. The number of nitrogens with zero attached hydrogens (tertiary/aromatic N) is 4. The highest BCUT2D eigenvalue weighted by molar-refractivity contribution is 9.10. The van der Waals surface area contributed by atoms with Crippen LogP contribution in [0.25, 0.3) is 11.4 Å². The molecule has 8 heteroatoms. The van der Waals surface area contributed by atoms with Crippen molar-refractivity contribution in [3.63, 3.8) is 0 Å². The number of rotatable bonds is 6. The zero-order valence-electron chi connectivity index (χ0n) is 17.0. The van der Waals surface area contributed by atoms with Gasteiger partial charge >= 0.3 is 0 Å². The molecule has 4 aromatic rings. The topological polar surface area (TPSA) is 81.9 Å². The Morgan fingerprint density at radius 3 is 2.52 bits per heavy atom.